The normalized spacial score (nSPS) is 20.5. The molecular weight excluding hydrogens is 351 g/mol. The molecule has 1 aliphatic carbocycles. The van der Waals surface area contributed by atoms with Gasteiger partial charge in [-0.05, 0) is 49.2 Å². The van der Waals surface area contributed by atoms with Gasteiger partial charge in [-0.15, -0.1) is 0 Å². The van der Waals surface area contributed by atoms with Gasteiger partial charge < -0.3 is 0 Å². The molecule has 0 bridgehead atoms. The number of benzene rings is 2. The molecular formula is C17H12Cl2N2OS. The molecule has 1 saturated carbocycles. The van der Waals surface area contributed by atoms with E-state index < -0.39 is 0 Å². The van der Waals surface area contributed by atoms with Crippen molar-refractivity contribution in [2.24, 2.45) is 4.99 Å². The van der Waals surface area contributed by atoms with Crippen molar-refractivity contribution in [1.82, 2.24) is 0 Å². The van der Waals surface area contributed by atoms with Crippen LogP contribution in [0.5, 0.6) is 0 Å². The average Bonchev–Trinajstić information content (AvgIpc) is 3.22. The van der Waals surface area contributed by atoms with Gasteiger partial charge in [0.15, 0.2) is 5.17 Å². The lowest BCUT2D eigenvalue weighted by Gasteiger charge is -2.16. The molecule has 0 atom stereocenters. The lowest BCUT2D eigenvalue weighted by atomic mass is 10.2. The third-order valence-corrected chi connectivity index (χ3v) is 5.77. The predicted molar refractivity (Wildman–Crippen MR) is 97.0 cm³/mol. The number of carbonyl (C=O) groups excluding carboxylic acids is 1. The van der Waals surface area contributed by atoms with Crippen LogP contribution in [0.2, 0.25) is 10.0 Å². The Bertz CT molecular complexity index is 833. The highest BCUT2D eigenvalue weighted by Gasteiger charge is 2.60. The molecule has 2 aromatic rings. The van der Waals surface area contributed by atoms with Crippen molar-refractivity contribution in [1.29, 1.82) is 0 Å². The molecule has 116 valence electrons. The van der Waals surface area contributed by atoms with Crippen LogP contribution >= 0.6 is 35.0 Å². The second-order valence-corrected chi connectivity index (χ2v) is 7.81. The zero-order valence-electron chi connectivity index (χ0n) is 12.0. The fraction of sp³-hybridized carbons (Fsp3) is 0.176. The van der Waals surface area contributed by atoms with Crippen molar-refractivity contribution in [3.8, 4) is 0 Å². The summed E-state index contributed by atoms with van der Waals surface area (Å²) in [5.74, 6) is 0.0885. The number of anilines is 1. The summed E-state index contributed by atoms with van der Waals surface area (Å²) in [7, 11) is 0. The molecule has 0 aromatic heterocycles. The summed E-state index contributed by atoms with van der Waals surface area (Å²) >= 11 is 13.6. The summed E-state index contributed by atoms with van der Waals surface area (Å²) in [6.45, 7) is 0. The van der Waals surface area contributed by atoms with Crippen molar-refractivity contribution in [3.05, 3.63) is 58.6 Å². The quantitative estimate of drug-likeness (QED) is 0.726. The summed E-state index contributed by atoms with van der Waals surface area (Å²) in [5, 5.41) is 1.90. The van der Waals surface area contributed by atoms with Crippen molar-refractivity contribution < 1.29 is 4.79 Å². The Labute approximate surface area is 148 Å². The van der Waals surface area contributed by atoms with Gasteiger partial charge in [0.1, 0.15) is 4.75 Å². The van der Waals surface area contributed by atoms with Crippen LogP contribution in [0.25, 0.3) is 0 Å². The van der Waals surface area contributed by atoms with E-state index in [9.17, 15) is 4.79 Å². The topological polar surface area (TPSA) is 32.7 Å². The lowest BCUT2D eigenvalue weighted by Crippen LogP contribution is -2.32. The zero-order chi connectivity index (χ0) is 16.0. The van der Waals surface area contributed by atoms with Crippen LogP contribution < -0.4 is 4.90 Å². The first kappa shape index (κ1) is 15.1. The van der Waals surface area contributed by atoms with E-state index in [1.165, 1.54) is 11.8 Å². The van der Waals surface area contributed by atoms with Crippen LogP contribution in [0.3, 0.4) is 0 Å². The van der Waals surface area contributed by atoms with Crippen LogP contribution in [-0.2, 0) is 4.79 Å². The molecule has 0 N–H and O–H groups in total. The van der Waals surface area contributed by atoms with E-state index in [-0.39, 0.29) is 10.7 Å². The second kappa shape index (κ2) is 5.55. The first-order valence-corrected chi connectivity index (χ1v) is 8.78. The van der Waals surface area contributed by atoms with Gasteiger partial charge in [-0.2, -0.15) is 0 Å². The average molecular weight is 363 g/mol. The first-order valence-electron chi connectivity index (χ1n) is 7.21. The molecule has 6 heteroatoms. The van der Waals surface area contributed by atoms with E-state index >= 15 is 0 Å². The molecule has 2 aromatic carbocycles. The Morgan fingerprint density at radius 2 is 1.74 bits per heavy atom. The minimum atomic E-state index is -0.334. The van der Waals surface area contributed by atoms with Gasteiger partial charge in [0, 0.05) is 10.0 Å². The van der Waals surface area contributed by atoms with Gasteiger partial charge in [0.25, 0.3) is 0 Å². The van der Waals surface area contributed by atoms with Gasteiger partial charge in [0.05, 0.1) is 11.4 Å². The fourth-order valence-corrected chi connectivity index (χ4v) is 4.19. The van der Waals surface area contributed by atoms with E-state index in [1.807, 2.05) is 24.3 Å². The summed E-state index contributed by atoms with van der Waals surface area (Å²) in [6, 6.07) is 14.6. The number of aliphatic imine (C=N–C) groups is 1. The number of rotatable bonds is 2. The smallest absolute Gasteiger partial charge is 0.249 e. The van der Waals surface area contributed by atoms with Crippen molar-refractivity contribution in [2.45, 2.75) is 17.6 Å². The standard InChI is InChI=1S/C17H12Cl2N2OS/c18-11-3-1-5-13(9-11)20-16-21(14-6-2-4-12(19)10-14)15(22)17(23-16)7-8-17/h1-6,9-10H,7-8H2. The molecule has 2 aliphatic rings. The maximum absolute atomic E-state index is 12.8. The number of thioether (sulfide) groups is 1. The van der Waals surface area contributed by atoms with Gasteiger partial charge >= 0.3 is 0 Å². The van der Waals surface area contributed by atoms with Gasteiger partial charge in [-0.1, -0.05) is 47.1 Å². The van der Waals surface area contributed by atoms with Gasteiger partial charge in [-0.25, -0.2) is 4.99 Å². The third-order valence-electron chi connectivity index (χ3n) is 3.87. The summed E-state index contributed by atoms with van der Waals surface area (Å²) in [5.41, 5.74) is 1.48. The molecule has 0 unspecified atom stereocenters. The molecule has 23 heavy (non-hydrogen) atoms. The number of carbonyl (C=O) groups is 1. The number of nitrogens with zero attached hydrogens (tertiary/aromatic N) is 2. The largest absolute Gasteiger partial charge is 0.272 e. The number of amidine groups is 1. The number of hydrogen-bond acceptors (Lipinski definition) is 3. The summed E-state index contributed by atoms with van der Waals surface area (Å²) in [6.07, 6.45) is 1.78. The Hall–Kier alpha value is -1.49. The molecule has 1 amide bonds. The van der Waals surface area contributed by atoms with Gasteiger partial charge in [-0.3, -0.25) is 9.69 Å². The van der Waals surface area contributed by atoms with Crippen LogP contribution in [0.15, 0.2) is 53.5 Å². The van der Waals surface area contributed by atoms with Crippen LogP contribution in [0.1, 0.15) is 12.8 Å². The van der Waals surface area contributed by atoms with Crippen LogP contribution in [0.4, 0.5) is 11.4 Å². The highest BCUT2D eigenvalue weighted by molar-refractivity contribution is 8.17. The Morgan fingerprint density at radius 1 is 1.04 bits per heavy atom. The van der Waals surface area contributed by atoms with Gasteiger partial charge in [0.2, 0.25) is 5.91 Å². The first-order chi connectivity index (χ1) is 11.1. The Kier molecular flexibility index (Phi) is 3.63. The molecule has 3 nitrogen and oxygen atoms in total. The van der Waals surface area contributed by atoms with E-state index in [2.05, 4.69) is 4.99 Å². The lowest BCUT2D eigenvalue weighted by molar-refractivity contribution is -0.117. The monoisotopic (exact) mass is 362 g/mol. The molecule has 1 heterocycles. The van der Waals surface area contributed by atoms with E-state index in [0.29, 0.717) is 15.2 Å². The second-order valence-electron chi connectivity index (χ2n) is 5.59. The Balaban J connectivity index is 1.79. The van der Waals surface area contributed by atoms with E-state index in [0.717, 1.165) is 24.2 Å². The molecule has 2 fully saturated rings. The highest BCUT2D eigenvalue weighted by atomic mass is 35.5. The Morgan fingerprint density at radius 3 is 2.39 bits per heavy atom. The number of amides is 1. The van der Waals surface area contributed by atoms with Crippen molar-refractivity contribution in [3.63, 3.8) is 0 Å². The minimum Gasteiger partial charge on any atom is -0.272 e. The zero-order valence-corrected chi connectivity index (χ0v) is 14.3. The number of halogens is 2. The third kappa shape index (κ3) is 2.75. The van der Waals surface area contributed by atoms with Crippen LogP contribution in [0, 0.1) is 0 Å². The van der Waals surface area contributed by atoms with Crippen LogP contribution in [-0.4, -0.2) is 15.8 Å². The summed E-state index contributed by atoms with van der Waals surface area (Å²) < 4.78 is -0.334. The van der Waals surface area contributed by atoms with Crippen molar-refractivity contribution >= 4 is 57.4 Å². The molecule has 0 radical (unpaired) electrons. The number of hydrogen-bond donors (Lipinski definition) is 0. The minimum absolute atomic E-state index is 0.0885. The molecule has 1 aliphatic heterocycles. The summed E-state index contributed by atoms with van der Waals surface area (Å²) in [4.78, 5) is 19.1. The van der Waals surface area contributed by atoms with E-state index in [1.54, 1.807) is 29.2 Å². The SMILES string of the molecule is O=C1N(c2cccc(Cl)c2)C(=Nc2cccc(Cl)c2)SC12CC2. The maximum atomic E-state index is 12.8. The van der Waals surface area contributed by atoms with Crippen molar-refractivity contribution in [2.75, 3.05) is 4.90 Å². The molecule has 1 saturated heterocycles. The van der Waals surface area contributed by atoms with E-state index in [4.69, 9.17) is 23.2 Å². The highest BCUT2D eigenvalue weighted by Crippen LogP contribution is 2.56. The fourth-order valence-electron chi connectivity index (χ4n) is 2.56. The molecule has 1 spiro atoms. The maximum Gasteiger partial charge on any atom is 0.249 e. The molecule has 4 rings (SSSR count). The predicted octanol–water partition coefficient (Wildman–Crippen LogP) is 5.29.